The summed E-state index contributed by atoms with van der Waals surface area (Å²) in [6.45, 7) is 0. The molecule has 0 aromatic carbocycles. The lowest BCUT2D eigenvalue weighted by molar-refractivity contribution is 1.51. The van der Waals surface area contributed by atoms with Gasteiger partial charge in [-0.1, -0.05) is 12.2 Å². The summed E-state index contributed by atoms with van der Waals surface area (Å²) in [5.41, 5.74) is 10.1. The second kappa shape index (κ2) is 3.88. The minimum Gasteiger partial charge on any atom is -0.383 e. The van der Waals surface area contributed by atoms with Gasteiger partial charge in [-0.3, -0.25) is 0 Å². The summed E-state index contributed by atoms with van der Waals surface area (Å²) in [5, 5.41) is 0.183. The minimum absolute atomic E-state index is 0.183. The molecule has 0 unspecified atom stereocenters. The van der Waals surface area contributed by atoms with Gasteiger partial charge >= 0.3 is 0 Å². The largest absolute Gasteiger partial charge is 0.383 e. The maximum atomic E-state index is 5.06. The van der Waals surface area contributed by atoms with Crippen molar-refractivity contribution in [3.05, 3.63) is 0 Å². The first-order valence-electron chi connectivity index (χ1n) is 1.64. The maximum Gasteiger partial charge on any atom is 0.174 e. The van der Waals surface area contributed by atoms with Crippen molar-refractivity contribution >= 4 is 45.8 Å². The second-order valence-corrected chi connectivity index (χ2v) is 2.87. The van der Waals surface area contributed by atoms with Crippen LogP contribution in [0.5, 0.6) is 0 Å². The van der Waals surface area contributed by atoms with Crippen LogP contribution in [0.4, 0.5) is 0 Å². The average molecular weight is 167 g/mol. The highest BCUT2D eigenvalue weighted by Crippen LogP contribution is 1.89. The Morgan fingerprint density at radius 2 is 1.88 bits per heavy atom. The average Bonchev–Trinajstić information content (AvgIpc) is 1.61. The van der Waals surface area contributed by atoms with Gasteiger partial charge in [0.25, 0.3) is 0 Å². The van der Waals surface area contributed by atoms with Gasteiger partial charge < -0.3 is 16.2 Å². The van der Waals surface area contributed by atoms with Crippen molar-refractivity contribution in [2.75, 3.05) is 0 Å². The van der Waals surface area contributed by atoms with E-state index in [-0.39, 0.29) is 9.43 Å². The second-order valence-electron chi connectivity index (χ2n) is 0.887. The van der Waals surface area contributed by atoms with Gasteiger partial charge in [0.05, 0.1) is 0 Å². The summed E-state index contributed by atoms with van der Waals surface area (Å²) >= 11 is 9.95. The fraction of sp³-hybridized carbons (Fsp3) is 0. The summed E-state index contributed by atoms with van der Waals surface area (Å²) in [7, 11) is 0. The number of rotatable bonds is 0. The Morgan fingerprint density at radius 3 is 2.00 bits per heavy atom. The summed E-state index contributed by atoms with van der Waals surface area (Å²) in [5.74, 6) is 0. The normalized spacial score (nSPS) is 8.00. The van der Waals surface area contributed by atoms with Crippen molar-refractivity contribution < 1.29 is 0 Å². The molecule has 3 nitrogen and oxygen atoms in total. The number of nitrogens with one attached hydrogen (secondary N) is 1. The van der Waals surface area contributed by atoms with Crippen molar-refractivity contribution in [2.45, 2.75) is 0 Å². The van der Waals surface area contributed by atoms with E-state index < -0.39 is 0 Å². The number of hydrogen-bond acceptors (Lipinski definition) is 3. The molecule has 6 heteroatoms. The third kappa shape index (κ3) is 5.93. The van der Waals surface area contributed by atoms with Crippen LogP contribution in [0.2, 0.25) is 0 Å². The van der Waals surface area contributed by atoms with E-state index in [9.17, 15) is 0 Å². The van der Waals surface area contributed by atoms with Gasteiger partial charge in [0.2, 0.25) is 0 Å². The molecule has 0 bridgehead atoms. The summed E-state index contributed by atoms with van der Waals surface area (Å²) < 4.78 is 2.78. The lowest BCUT2D eigenvalue weighted by atomic mass is 11.3. The predicted molar refractivity (Wildman–Crippen MR) is 44.3 cm³/mol. The Labute approximate surface area is 62.3 Å². The molecule has 0 saturated carbocycles. The zero-order valence-electron chi connectivity index (χ0n) is 3.88. The molecule has 0 saturated heterocycles. The van der Waals surface area contributed by atoms with Gasteiger partial charge in [-0.15, -0.1) is 0 Å². The Hall–Kier alpha value is -0.0700. The van der Waals surface area contributed by atoms with Gasteiger partial charge in [-0.25, -0.2) is 0 Å². The Kier molecular flexibility index (Phi) is 3.84. The number of nitrogens with two attached hydrogens (primary N) is 2. The van der Waals surface area contributed by atoms with Gasteiger partial charge in [0.15, 0.2) is 9.43 Å². The van der Waals surface area contributed by atoms with Crippen molar-refractivity contribution in [1.29, 1.82) is 0 Å². The van der Waals surface area contributed by atoms with E-state index in [1.807, 2.05) is 0 Å². The molecule has 0 atom stereocenters. The van der Waals surface area contributed by atoms with Gasteiger partial charge in [0, 0.05) is 11.9 Å². The monoisotopic (exact) mass is 167 g/mol. The van der Waals surface area contributed by atoms with Crippen molar-refractivity contribution in [3.63, 3.8) is 0 Å². The summed E-state index contributed by atoms with van der Waals surface area (Å²) in [4.78, 5) is 0. The van der Waals surface area contributed by atoms with E-state index in [0.717, 1.165) is 11.9 Å². The van der Waals surface area contributed by atoms with Crippen LogP contribution in [-0.4, -0.2) is 9.43 Å². The van der Waals surface area contributed by atoms with E-state index in [1.165, 1.54) is 0 Å². The van der Waals surface area contributed by atoms with Crippen LogP contribution in [0.25, 0.3) is 0 Å². The highest BCUT2D eigenvalue weighted by Gasteiger charge is 1.87. The standard InChI is InChI=1S/C2H5N3S3/c3-1(6)5-8-2(4)7/h(H2,4,7)(H3,3,5,6). The highest BCUT2D eigenvalue weighted by molar-refractivity contribution is 8.22. The smallest absolute Gasteiger partial charge is 0.174 e. The zero-order valence-corrected chi connectivity index (χ0v) is 6.33. The van der Waals surface area contributed by atoms with E-state index in [4.69, 9.17) is 11.5 Å². The lowest BCUT2D eigenvalue weighted by Gasteiger charge is -1.96. The molecule has 0 amide bonds. The van der Waals surface area contributed by atoms with Crippen LogP contribution >= 0.6 is 36.4 Å². The highest BCUT2D eigenvalue weighted by atomic mass is 32.2. The molecule has 0 fully saturated rings. The molecule has 0 radical (unpaired) electrons. The predicted octanol–water partition coefficient (Wildman–Crippen LogP) is -0.289. The first-order chi connectivity index (χ1) is 3.63. The van der Waals surface area contributed by atoms with E-state index in [1.54, 1.807) is 0 Å². The lowest BCUT2D eigenvalue weighted by Crippen LogP contribution is -2.25. The Morgan fingerprint density at radius 1 is 1.38 bits per heavy atom. The Balaban J connectivity index is 3.18. The SMILES string of the molecule is NC(=S)NSC(N)=S. The van der Waals surface area contributed by atoms with Crippen molar-refractivity contribution in [1.82, 2.24) is 4.72 Å². The van der Waals surface area contributed by atoms with E-state index in [0.29, 0.717) is 0 Å². The fourth-order valence-electron chi connectivity index (χ4n) is 0.101. The molecular formula is C2H5N3S3. The summed E-state index contributed by atoms with van der Waals surface area (Å²) in [6.07, 6.45) is 0. The minimum atomic E-state index is 0.183. The third-order valence-electron chi connectivity index (χ3n) is 0.252. The van der Waals surface area contributed by atoms with Crippen LogP contribution in [-0.2, 0) is 0 Å². The molecule has 0 aliphatic rings. The molecule has 0 aliphatic carbocycles. The van der Waals surface area contributed by atoms with E-state index in [2.05, 4.69) is 29.2 Å². The molecule has 0 aromatic rings. The maximum absolute atomic E-state index is 5.06. The fourth-order valence-corrected chi connectivity index (χ4v) is 0.552. The van der Waals surface area contributed by atoms with Gasteiger partial charge in [0.1, 0.15) is 0 Å². The van der Waals surface area contributed by atoms with Crippen LogP contribution in [0.15, 0.2) is 0 Å². The molecule has 0 rings (SSSR count). The van der Waals surface area contributed by atoms with Gasteiger partial charge in [-0.05, 0) is 12.2 Å². The number of hydrogen-bond donors (Lipinski definition) is 3. The van der Waals surface area contributed by atoms with Crippen LogP contribution in [0.1, 0.15) is 0 Å². The Bertz CT molecular complexity index is 97.1. The molecule has 46 valence electrons. The molecule has 0 spiro atoms. The van der Waals surface area contributed by atoms with Gasteiger partial charge in [-0.2, -0.15) is 0 Å². The summed E-state index contributed by atoms with van der Waals surface area (Å²) in [6, 6.07) is 0. The number of thiocarbonyl (C=S) groups is 2. The van der Waals surface area contributed by atoms with Crippen molar-refractivity contribution in [2.24, 2.45) is 11.5 Å². The van der Waals surface area contributed by atoms with Crippen molar-refractivity contribution in [3.8, 4) is 0 Å². The quantitative estimate of drug-likeness (QED) is 0.340. The molecule has 0 aliphatic heterocycles. The molecule has 8 heavy (non-hydrogen) atoms. The first-order valence-corrected chi connectivity index (χ1v) is 3.28. The third-order valence-corrected chi connectivity index (χ3v) is 1.26. The molecule has 0 heterocycles. The topological polar surface area (TPSA) is 64.1 Å². The molecule has 0 aromatic heterocycles. The van der Waals surface area contributed by atoms with E-state index >= 15 is 0 Å². The molecule has 5 N–H and O–H groups in total. The zero-order chi connectivity index (χ0) is 6.57. The van der Waals surface area contributed by atoms with Crippen LogP contribution in [0, 0.1) is 0 Å². The van der Waals surface area contributed by atoms with Crippen LogP contribution < -0.4 is 16.2 Å². The molecular weight excluding hydrogens is 162 g/mol. The van der Waals surface area contributed by atoms with Crippen LogP contribution in [0.3, 0.4) is 0 Å². The first kappa shape index (κ1) is 7.93.